The molecule has 1 atom stereocenters. The first-order chi connectivity index (χ1) is 7.11. The Bertz CT molecular complexity index is 341. The van der Waals surface area contributed by atoms with Gasteiger partial charge in [-0.3, -0.25) is 4.79 Å². The molecule has 0 N–H and O–H groups in total. The monoisotopic (exact) mass is 204 g/mol. The van der Waals surface area contributed by atoms with Gasteiger partial charge in [0.05, 0.1) is 5.92 Å². The highest BCUT2D eigenvalue weighted by atomic mass is 16.5. The smallest absolute Gasteiger partial charge is 0.313 e. The van der Waals surface area contributed by atoms with E-state index in [9.17, 15) is 4.79 Å². The first kappa shape index (κ1) is 11.5. The number of benzene rings is 1. The van der Waals surface area contributed by atoms with E-state index in [1.54, 1.807) is 6.92 Å². The van der Waals surface area contributed by atoms with Gasteiger partial charge in [-0.2, -0.15) is 0 Å². The maximum atomic E-state index is 11.5. The molecular formula is C13H16O2. The minimum Gasteiger partial charge on any atom is -0.460 e. The van der Waals surface area contributed by atoms with E-state index in [-0.39, 0.29) is 11.9 Å². The number of hydrogen-bond donors (Lipinski definition) is 0. The van der Waals surface area contributed by atoms with Crippen molar-refractivity contribution in [2.45, 2.75) is 20.5 Å². The molecule has 0 aliphatic rings. The summed E-state index contributed by atoms with van der Waals surface area (Å²) in [5.74, 6) is -0.444. The van der Waals surface area contributed by atoms with Gasteiger partial charge >= 0.3 is 5.97 Å². The van der Waals surface area contributed by atoms with Crippen LogP contribution in [-0.4, -0.2) is 5.97 Å². The van der Waals surface area contributed by atoms with Gasteiger partial charge in [0.25, 0.3) is 0 Å². The Kier molecular flexibility index (Phi) is 4.10. The lowest BCUT2D eigenvalue weighted by molar-refractivity contribution is -0.147. The normalized spacial score (nSPS) is 11.9. The quantitative estimate of drug-likeness (QED) is 0.556. The number of carbonyl (C=O) groups excluding carboxylic acids is 1. The molecule has 1 aromatic carbocycles. The second-order valence-corrected chi connectivity index (χ2v) is 3.66. The van der Waals surface area contributed by atoms with Crippen molar-refractivity contribution in [2.24, 2.45) is 5.92 Å². The molecular weight excluding hydrogens is 188 g/mol. The molecule has 0 saturated heterocycles. The molecule has 2 nitrogen and oxygen atoms in total. The first-order valence-electron chi connectivity index (χ1n) is 4.97. The molecule has 0 fully saturated rings. The van der Waals surface area contributed by atoms with E-state index in [0.717, 1.165) is 11.1 Å². The highest BCUT2D eigenvalue weighted by molar-refractivity contribution is 5.74. The molecule has 2 heteroatoms. The van der Waals surface area contributed by atoms with Gasteiger partial charge in [0.2, 0.25) is 0 Å². The summed E-state index contributed by atoms with van der Waals surface area (Å²) in [6.07, 6.45) is 0. The molecule has 1 aromatic rings. The largest absolute Gasteiger partial charge is 0.460 e. The van der Waals surface area contributed by atoms with E-state index in [1.807, 2.05) is 37.3 Å². The molecule has 0 saturated carbocycles. The van der Waals surface area contributed by atoms with E-state index in [4.69, 9.17) is 4.74 Å². The average molecular weight is 204 g/mol. The lowest BCUT2D eigenvalue weighted by Gasteiger charge is -2.10. The van der Waals surface area contributed by atoms with Crippen LogP contribution in [0.2, 0.25) is 0 Å². The molecule has 0 heterocycles. The number of rotatable bonds is 4. The van der Waals surface area contributed by atoms with Gasteiger partial charge in [-0.05, 0) is 19.4 Å². The lowest BCUT2D eigenvalue weighted by atomic mass is 10.1. The molecule has 0 aromatic heterocycles. The van der Waals surface area contributed by atoms with Gasteiger partial charge in [-0.25, -0.2) is 0 Å². The summed E-state index contributed by atoms with van der Waals surface area (Å²) in [6.45, 7) is 7.69. The molecule has 0 aliphatic heterocycles. The molecule has 0 amide bonds. The van der Waals surface area contributed by atoms with Crippen LogP contribution in [0.25, 0.3) is 0 Å². The van der Waals surface area contributed by atoms with Crippen LogP contribution in [0, 0.1) is 5.92 Å². The summed E-state index contributed by atoms with van der Waals surface area (Å²) in [6, 6.07) is 9.63. The Morgan fingerprint density at radius 3 is 2.53 bits per heavy atom. The summed E-state index contributed by atoms with van der Waals surface area (Å²) in [4.78, 5) is 11.5. The van der Waals surface area contributed by atoms with Crippen LogP contribution in [0.3, 0.4) is 0 Å². The van der Waals surface area contributed by atoms with E-state index >= 15 is 0 Å². The van der Waals surface area contributed by atoms with E-state index < -0.39 is 0 Å². The summed E-state index contributed by atoms with van der Waals surface area (Å²) in [7, 11) is 0. The van der Waals surface area contributed by atoms with Crippen LogP contribution >= 0.6 is 0 Å². The molecule has 15 heavy (non-hydrogen) atoms. The topological polar surface area (TPSA) is 26.3 Å². The predicted molar refractivity (Wildman–Crippen MR) is 60.2 cm³/mol. The number of carbonyl (C=O) groups is 1. The van der Waals surface area contributed by atoms with Crippen LogP contribution in [0.15, 0.2) is 42.5 Å². The van der Waals surface area contributed by atoms with Crippen LogP contribution in [0.5, 0.6) is 0 Å². The summed E-state index contributed by atoms with van der Waals surface area (Å²) < 4.78 is 5.15. The first-order valence-corrected chi connectivity index (χ1v) is 4.97. The van der Waals surface area contributed by atoms with Crippen LogP contribution in [0.1, 0.15) is 19.4 Å². The van der Waals surface area contributed by atoms with Crippen molar-refractivity contribution < 1.29 is 9.53 Å². The van der Waals surface area contributed by atoms with Gasteiger partial charge in [-0.1, -0.05) is 42.5 Å². The predicted octanol–water partition coefficient (Wildman–Crippen LogP) is 2.94. The molecule has 0 spiro atoms. The van der Waals surface area contributed by atoms with Crippen molar-refractivity contribution >= 4 is 5.97 Å². The Morgan fingerprint density at radius 1 is 1.40 bits per heavy atom. The van der Waals surface area contributed by atoms with Crippen molar-refractivity contribution in [3.8, 4) is 0 Å². The zero-order valence-corrected chi connectivity index (χ0v) is 9.19. The summed E-state index contributed by atoms with van der Waals surface area (Å²) in [5.41, 5.74) is 1.83. The van der Waals surface area contributed by atoms with Gasteiger partial charge in [-0.15, -0.1) is 0 Å². The fourth-order valence-electron chi connectivity index (χ4n) is 1.05. The third-order valence-corrected chi connectivity index (χ3v) is 2.32. The molecule has 1 rings (SSSR count). The van der Waals surface area contributed by atoms with Crippen molar-refractivity contribution in [1.82, 2.24) is 0 Å². The maximum Gasteiger partial charge on any atom is 0.313 e. The average Bonchev–Trinajstić information content (AvgIpc) is 2.26. The van der Waals surface area contributed by atoms with E-state index in [0.29, 0.717) is 6.61 Å². The Balaban J connectivity index is 2.44. The summed E-state index contributed by atoms with van der Waals surface area (Å²) in [5, 5.41) is 0. The molecule has 1 unspecified atom stereocenters. The Labute approximate surface area is 90.6 Å². The molecule has 0 aliphatic carbocycles. The number of ether oxygens (including phenoxy) is 1. The highest BCUT2D eigenvalue weighted by Crippen LogP contribution is 2.10. The zero-order chi connectivity index (χ0) is 11.3. The third-order valence-electron chi connectivity index (χ3n) is 2.32. The van der Waals surface area contributed by atoms with Crippen LogP contribution < -0.4 is 0 Å². The molecule has 0 bridgehead atoms. The van der Waals surface area contributed by atoms with E-state index in [2.05, 4.69) is 6.58 Å². The third kappa shape index (κ3) is 3.58. The van der Waals surface area contributed by atoms with Crippen molar-refractivity contribution in [2.75, 3.05) is 0 Å². The van der Waals surface area contributed by atoms with Crippen LogP contribution in [0.4, 0.5) is 0 Å². The standard InChI is InChI=1S/C13H16O2/c1-10(2)11(3)13(14)15-9-12-7-5-4-6-8-12/h4-8,11H,1,9H2,2-3H3. The highest BCUT2D eigenvalue weighted by Gasteiger charge is 2.14. The lowest BCUT2D eigenvalue weighted by Crippen LogP contribution is -2.15. The van der Waals surface area contributed by atoms with Gasteiger partial charge < -0.3 is 4.74 Å². The second kappa shape index (κ2) is 5.35. The maximum absolute atomic E-state index is 11.5. The van der Waals surface area contributed by atoms with Gasteiger partial charge in [0, 0.05) is 0 Å². The van der Waals surface area contributed by atoms with Crippen molar-refractivity contribution in [3.63, 3.8) is 0 Å². The molecule has 80 valence electrons. The second-order valence-electron chi connectivity index (χ2n) is 3.66. The van der Waals surface area contributed by atoms with Gasteiger partial charge in [0.15, 0.2) is 0 Å². The number of esters is 1. The SMILES string of the molecule is C=C(C)C(C)C(=O)OCc1ccccc1. The number of hydrogen-bond acceptors (Lipinski definition) is 2. The van der Waals surface area contributed by atoms with Crippen LogP contribution in [-0.2, 0) is 16.1 Å². The van der Waals surface area contributed by atoms with E-state index in [1.165, 1.54) is 0 Å². The minimum absolute atomic E-state index is 0.216. The Hall–Kier alpha value is -1.57. The minimum atomic E-state index is -0.228. The fourth-order valence-corrected chi connectivity index (χ4v) is 1.05. The Morgan fingerprint density at radius 2 is 2.00 bits per heavy atom. The van der Waals surface area contributed by atoms with Crippen molar-refractivity contribution in [3.05, 3.63) is 48.0 Å². The summed E-state index contributed by atoms with van der Waals surface area (Å²) >= 11 is 0. The fraction of sp³-hybridized carbons (Fsp3) is 0.308. The zero-order valence-electron chi connectivity index (χ0n) is 9.19. The molecule has 0 radical (unpaired) electrons. The van der Waals surface area contributed by atoms with Gasteiger partial charge in [0.1, 0.15) is 6.61 Å². The van der Waals surface area contributed by atoms with Crippen molar-refractivity contribution in [1.29, 1.82) is 0 Å².